The van der Waals surface area contributed by atoms with Crippen LogP contribution in [0.2, 0.25) is 0 Å². The number of amides is 1. The van der Waals surface area contributed by atoms with Gasteiger partial charge in [0.1, 0.15) is 0 Å². The van der Waals surface area contributed by atoms with E-state index in [9.17, 15) is 13.2 Å². The zero-order valence-electron chi connectivity index (χ0n) is 13.0. The summed E-state index contributed by atoms with van der Waals surface area (Å²) < 4.78 is 25.5. The van der Waals surface area contributed by atoms with Crippen molar-refractivity contribution in [2.45, 2.75) is 25.2 Å². The van der Waals surface area contributed by atoms with Gasteiger partial charge in [-0.2, -0.15) is 0 Å². The number of carbonyl (C=O) groups is 1. The fourth-order valence-electron chi connectivity index (χ4n) is 2.07. The molecule has 2 aromatic carbocycles. The number of halogens is 1. The molecule has 0 atom stereocenters. The van der Waals surface area contributed by atoms with Crippen LogP contribution < -0.4 is 5.32 Å². The third-order valence-corrected chi connectivity index (χ3v) is 5.84. The maximum absolute atomic E-state index is 12.2. The quantitative estimate of drug-likeness (QED) is 0.717. The Kier molecular flexibility index (Phi) is 5.80. The number of nitrogens with one attached hydrogen (secondary N) is 1. The molecule has 0 aliphatic carbocycles. The van der Waals surface area contributed by atoms with Crippen LogP contribution in [-0.4, -0.2) is 20.1 Å². The van der Waals surface area contributed by atoms with Crippen molar-refractivity contribution < 1.29 is 13.2 Å². The van der Waals surface area contributed by atoms with Gasteiger partial charge in [-0.1, -0.05) is 17.7 Å². The molecular weight excluding hydrogens is 425 g/mol. The number of rotatable bonds is 5. The van der Waals surface area contributed by atoms with Crippen LogP contribution in [-0.2, 0) is 14.6 Å². The molecule has 0 spiro atoms. The lowest BCUT2D eigenvalue weighted by molar-refractivity contribution is -0.115. The van der Waals surface area contributed by atoms with E-state index in [1.807, 2.05) is 32.0 Å². The Morgan fingerprint density at radius 1 is 1.09 bits per heavy atom. The van der Waals surface area contributed by atoms with Crippen molar-refractivity contribution in [1.82, 2.24) is 0 Å². The van der Waals surface area contributed by atoms with Gasteiger partial charge in [-0.3, -0.25) is 4.79 Å². The van der Waals surface area contributed by atoms with Gasteiger partial charge < -0.3 is 5.32 Å². The summed E-state index contributed by atoms with van der Waals surface area (Å²) in [7, 11) is -3.44. The van der Waals surface area contributed by atoms with Gasteiger partial charge in [0.05, 0.1) is 10.6 Å². The highest BCUT2D eigenvalue weighted by Gasteiger charge is 2.16. The first-order chi connectivity index (χ1) is 10.8. The third kappa shape index (κ3) is 5.04. The van der Waals surface area contributed by atoms with Crippen LogP contribution in [0.15, 0.2) is 47.4 Å². The molecule has 0 saturated carbocycles. The van der Waals surface area contributed by atoms with Crippen LogP contribution in [0.4, 0.5) is 5.69 Å². The topological polar surface area (TPSA) is 63.2 Å². The van der Waals surface area contributed by atoms with E-state index in [4.69, 9.17) is 0 Å². The SMILES string of the molecule is Cc1ccc(S(=O)(=O)CCC(=O)Nc2ccc(I)cc2C)cc1. The van der Waals surface area contributed by atoms with E-state index in [1.165, 1.54) is 0 Å². The van der Waals surface area contributed by atoms with Gasteiger partial charge in [0.2, 0.25) is 5.91 Å². The molecule has 1 N–H and O–H groups in total. The van der Waals surface area contributed by atoms with E-state index in [0.29, 0.717) is 5.69 Å². The third-order valence-electron chi connectivity index (χ3n) is 3.44. The van der Waals surface area contributed by atoms with Crippen LogP contribution in [0.1, 0.15) is 17.5 Å². The molecule has 122 valence electrons. The molecule has 2 rings (SSSR count). The van der Waals surface area contributed by atoms with Crippen LogP contribution >= 0.6 is 22.6 Å². The van der Waals surface area contributed by atoms with Crippen molar-refractivity contribution in [3.63, 3.8) is 0 Å². The summed E-state index contributed by atoms with van der Waals surface area (Å²) in [5.74, 6) is -0.504. The van der Waals surface area contributed by atoms with Crippen LogP contribution in [0.3, 0.4) is 0 Å². The second kappa shape index (κ2) is 7.44. The van der Waals surface area contributed by atoms with E-state index in [0.717, 1.165) is 14.7 Å². The van der Waals surface area contributed by atoms with Gasteiger partial charge in [0, 0.05) is 15.7 Å². The highest BCUT2D eigenvalue weighted by Crippen LogP contribution is 2.18. The monoisotopic (exact) mass is 443 g/mol. The summed E-state index contributed by atoms with van der Waals surface area (Å²) in [5, 5.41) is 2.76. The molecule has 0 radical (unpaired) electrons. The zero-order valence-corrected chi connectivity index (χ0v) is 15.9. The number of sulfone groups is 1. The minimum Gasteiger partial charge on any atom is -0.326 e. The molecule has 0 aliphatic heterocycles. The normalized spacial score (nSPS) is 11.3. The van der Waals surface area contributed by atoms with E-state index in [2.05, 4.69) is 27.9 Å². The Morgan fingerprint density at radius 3 is 2.35 bits per heavy atom. The fourth-order valence-corrected chi connectivity index (χ4v) is 3.96. The summed E-state index contributed by atoms with van der Waals surface area (Å²) in [5.41, 5.74) is 2.66. The Morgan fingerprint density at radius 2 is 1.74 bits per heavy atom. The maximum atomic E-state index is 12.2. The van der Waals surface area contributed by atoms with Crippen molar-refractivity contribution in [2.75, 3.05) is 11.1 Å². The molecule has 0 heterocycles. The molecule has 0 aromatic heterocycles. The number of aryl methyl sites for hydroxylation is 2. The van der Waals surface area contributed by atoms with Gasteiger partial charge in [-0.05, 0) is 72.3 Å². The van der Waals surface area contributed by atoms with Crippen molar-refractivity contribution >= 4 is 44.0 Å². The first-order valence-corrected chi connectivity index (χ1v) is 9.86. The van der Waals surface area contributed by atoms with Gasteiger partial charge in [0.15, 0.2) is 9.84 Å². The molecule has 1 amide bonds. The van der Waals surface area contributed by atoms with Crippen molar-refractivity contribution in [3.05, 3.63) is 57.2 Å². The maximum Gasteiger partial charge on any atom is 0.225 e. The smallest absolute Gasteiger partial charge is 0.225 e. The van der Waals surface area contributed by atoms with Crippen LogP contribution in [0, 0.1) is 17.4 Å². The fraction of sp³-hybridized carbons (Fsp3) is 0.235. The molecule has 0 aliphatic rings. The van der Waals surface area contributed by atoms with Gasteiger partial charge in [0.25, 0.3) is 0 Å². The number of carbonyl (C=O) groups excluding carboxylic acids is 1. The molecule has 0 bridgehead atoms. The Hall–Kier alpha value is -1.41. The summed E-state index contributed by atoms with van der Waals surface area (Å²) in [4.78, 5) is 12.3. The van der Waals surface area contributed by atoms with Crippen LogP contribution in [0.25, 0.3) is 0 Å². The molecule has 0 fully saturated rings. The highest BCUT2D eigenvalue weighted by molar-refractivity contribution is 14.1. The number of hydrogen-bond donors (Lipinski definition) is 1. The summed E-state index contributed by atoms with van der Waals surface area (Å²) >= 11 is 2.20. The minimum atomic E-state index is -3.44. The predicted octanol–water partition coefficient (Wildman–Crippen LogP) is 3.71. The van der Waals surface area contributed by atoms with Gasteiger partial charge in [-0.15, -0.1) is 0 Å². The summed E-state index contributed by atoms with van der Waals surface area (Å²) in [6.07, 6.45) is -0.0678. The lowest BCUT2D eigenvalue weighted by Crippen LogP contribution is -2.18. The lowest BCUT2D eigenvalue weighted by atomic mass is 10.2. The Bertz CT molecular complexity index is 814. The highest BCUT2D eigenvalue weighted by atomic mass is 127. The molecule has 2 aromatic rings. The largest absolute Gasteiger partial charge is 0.326 e. The van der Waals surface area contributed by atoms with Crippen molar-refractivity contribution in [2.24, 2.45) is 0 Å². The second-order valence-corrected chi connectivity index (χ2v) is 8.74. The average molecular weight is 443 g/mol. The number of benzene rings is 2. The first kappa shape index (κ1) is 17.9. The minimum absolute atomic E-state index is 0.0678. The van der Waals surface area contributed by atoms with E-state index in [-0.39, 0.29) is 23.0 Å². The van der Waals surface area contributed by atoms with E-state index >= 15 is 0 Å². The standard InChI is InChI=1S/C17H18INO3S/c1-12-3-6-15(7-4-12)23(21,22)10-9-17(20)19-16-8-5-14(18)11-13(16)2/h3-8,11H,9-10H2,1-2H3,(H,19,20). The Balaban J connectivity index is 1.99. The molecule has 6 heteroatoms. The van der Waals surface area contributed by atoms with E-state index < -0.39 is 9.84 Å². The van der Waals surface area contributed by atoms with Crippen LogP contribution in [0.5, 0.6) is 0 Å². The molecule has 0 unspecified atom stereocenters. The van der Waals surface area contributed by atoms with Gasteiger partial charge in [-0.25, -0.2) is 8.42 Å². The van der Waals surface area contributed by atoms with E-state index in [1.54, 1.807) is 24.3 Å². The summed E-state index contributed by atoms with van der Waals surface area (Å²) in [6.45, 7) is 3.80. The lowest BCUT2D eigenvalue weighted by Gasteiger charge is -2.09. The molecule has 23 heavy (non-hydrogen) atoms. The Labute approximate surface area is 150 Å². The van der Waals surface area contributed by atoms with Gasteiger partial charge >= 0.3 is 0 Å². The number of anilines is 1. The predicted molar refractivity (Wildman–Crippen MR) is 100 cm³/mol. The summed E-state index contributed by atoms with van der Waals surface area (Å²) in [6, 6.07) is 12.3. The number of hydrogen-bond acceptors (Lipinski definition) is 3. The van der Waals surface area contributed by atoms with Crippen molar-refractivity contribution in [1.29, 1.82) is 0 Å². The molecule has 4 nitrogen and oxygen atoms in total. The molecule has 0 saturated heterocycles. The second-order valence-electron chi connectivity index (χ2n) is 5.39. The zero-order chi connectivity index (χ0) is 17.0. The van der Waals surface area contributed by atoms with Crippen molar-refractivity contribution in [3.8, 4) is 0 Å². The molecular formula is C17H18INO3S. The average Bonchev–Trinajstić information content (AvgIpc) is 2.49. The first-order valence-electron chi connectivity index (χ1n) is 7.13.